The van der Waals surface area contributed by atoms with Crippen LogP contribution < -0.4 is 5.32 Å². The minimum atomic E-state index is -2.81. The molecule has 0 aliphatic carbocycles. The highest BCUT2D eigenvalue weighted by atomic mass is 32.2. The van der Waals surface area contributed by atoms with Gasteiger partial charge in [-0.2, -0.15) is 0 Å². The number of thioether (sulfide) groups is 1. The molecule has 21 heavy (non-hydrogen) atoms. The molecule has 0 aromatic heterocycles. The molecule has 0 aliphatic rings. The van der Waals surface area contributed by atoms with Gasteiger partial charge < -0.3 is 10.4 Å². The Balaban J connectivity index is 2.35. The first kappa shape index (κ1) is 17.4. The van der Waals surface area contributed by atoms with E-state index >= 15 is 0 Å². The number of carbonyl (C=O) groups excluding carboxylic acids is 1. The zero-order valence-corrected chi connectivity index (χ0v) is 11.7. The van der Waals surface area contributed by atoms with Crippen LogP contribution >= 0.6 is 11.8 Å². The fraction of sp³-hybridized carbons (Fsp3) is 0.385. The fourth-order valence-electron chi connectivity index (χ4n) is 1.46. The Morgan fingerprint density at radius 3 is 2.38 bits per heavy atom. The van der Waals surface area contributed by atoms with Gasteiger partial charge in [-0.3, -0.25) is 4.79 Å². The molecule has 4 nitrogen and oxygen atoms in total. The Hall–Kier alpha value is -1.70. The van der Waals surface area contributed by atoms with E-state index in [1.807, 2.05) is 0 Å². The molecule has 0 radical (unpaired) electrons. The predicted octanol–water partition coefficient (Wildman–Crippen LogP) is 2.53. The summed E-state index contributed by atoms with van der Waals surface area (Å²) in [5.41, 5.74) is 0. The van der Waals surface area contributed by atoms with Crippen LogP contribution in [-0.4, -0.2) is 35.2 Å². The number of halogens is 3. The van der Waals surface area contributed by atoms with Crippen molar-refractivity contribution in [1.29, 1.82) is 0 Å². The van der Waals surface area contributed by atoms with Crippen molar-refractivity contribution in [3.05, 3.63) is 30.1 Å². The summed E-state index contributed by atoms with van der Waals surface area (Å²) < 4.78 is 37.0. The number of nitrogens with one attached hydrogen (secondary N) is 1. The lowest BCUT2D eigenvalue weighted by Gasteiger charge is -2.13. The van der Waals surface area contributed by atoms with Crippen LogP contribution in [0.5, 0.6) is 0 Å². The van der Waals surface area contributed by atoms with E-state index in [9.17, 15) is 22.8 Å². The van der Waals surface area contributed by atoms with Gasteiger partial charge in [-0.25, -0.2) is 18.0 Å². The number of carboxylic acid groups (broad SMARTS) is 1. The Morgan fingerprint density at radius 1 is 1.24 bits per heavy atom. The van der Waals surface area contributed by atoms with Crippen LogP contribution in [0.3, 0.4) is 0 Å². The van der Waals surface area contributed by atoms with Crippen molar-refractivity contribution in [2.75, 3.05) is 5.75 Å². The molecule has 0 spiro atoms. The van der Waals surface area contributed by atoms with E-state index in [1.165, 1.54) is 23.9 Å². The van der Waals surface area contributed by atoms with E-state index in [0.717, 1.165) is 4.90 Å². The molecule has 1 amide bonds. The first-order valence-corrected chi connectivity index (χ1v) is 7.05. The standard InChI is InChI=1S/C13H14F3NO3S/c14-8-1-3-9(4-2-8)21-6-5-12(18)17-10(13(19)20)7-11(15)16/h1-4,10-11H,5-7H2,(H,17,18)(H,19,20). The van der Waals surface area contributed by atoms with Crippen LogP contribution in [0.2, 0.25) is 0 Å². The lowest BCUT2D eigenvalue weighted by atomic mass is 10.2. The van der Waals surface area contributed by atoms with Gasteiger partial charge in [-0.05, 0) is 24.3 Å². The molecule has 1 rings (SSSR count). The van der Waals surface area contributed by atoms with E-state index < -0.39 is 30.8 Å². The van der Waals surface area contributed by atoms with Crippen LogP contribution in [0.25, 0.3) is 0 Å². The minimum Gasteiger partial charge on any atom is -0.480 e. The summed E-state index contributed by atoms with van der Waals surface area (Å²) in [6.07, 6.45) is -3.75. The lowest BCUT2D eigenvalue weighted by Crippen LogP contribution is -2.42. The third kappa shape index (κ3) is 7.03. The number of hydrogen-bond donors (Lipinski definition) is 2. The first-order chi connectivity index (χ1) is 9.88. The van der Waals surface area contributed by atoms with Crippen molar-refractivity contribution in [3.8, 4) is 0 Å². The molecule has 1 aromatic carbocycles. The number of carboxylic acids is 1. The van der Waals surface area contributed by atoms with E-state index in [0.29, 0.717) is 5.75 Å². The van der Waals surface area contributed by atoms with E-state index in [-0.39, 0.29) is 12.2 Å². The summed E-state index contributed by atoms with van der Waals surface area (Å²) in [5.74, 6) is -2.14. The number of hydrogen-bond acceptors (Lipinski definition) is 3. The predicted molar refractivity (Wildman–Crippen MR) is 71.9 cm³/mol. The fourth-order valence-corrected chi connectivity index (χ4v) is 2.31. The topological polar surface area (TPSA) is 66.4 Å². The second kappa shape index (κ2) is 8.56. The maximum atomic E-state index is 12.7. The Morgan fingerprint density at radius 2 is 1.86 bits per heavy atom. The average Bonchev–Trinajstić information content (AvgIpc) is 2.39. The lowest BCUT2D eigenvalue weighted by molar-refractivity contribution is -0.143. The maximum absolute atomic E-state index is 12.7. The molecule has 0 saturated heterocycles. The third-order valence-corrected chi connectivity index (χ3v) is 3.47. The molecule has 0 fully saturated rings. The number of aliphatic carboxylic acids is 1. The van der Waals surface area contributed by atoms with E-state index in [1.54, 1.807) is 12.1 Å². The minimum absolute atomic E-state index is 0.0188. The molecular formula is C13H14F3NO3S. The molecule has 1 unspecified atom stereocenters. The van der Waals surface area contributed by atoms with Gasteiger partial charge in [0.05, 0.1) is 0 Å². The Kier molecular flexibility index (Phi) is 7.07. The summed E-state index contributed by atoms with van der Waals surface area (Å²) in [6, 6.07) is 4.08. The first-order valence-electron chi connectivity index (χ1n) is 6.07. The van der Waals surface area contributed by atoms with Crippen molar-refractivity contribution in [2.24, 2.45) is 0 Å². The van der Waals surface area contributed by atoms with Gasteiger partial charge >= 0.3 is 5.97 Å². The monoisotopic (exact) mass is 321 g/mol. The highest BCUT2D eigenvalue weighted by Crippen LogP contribution is 2.18. The second-order valence-electron chi connectivity index (χ2n) is 4.14. The van der Waals surface area contributed by atoms with Gasteiger partial charge in [-0.1, -0.05) is 0 Å². The van der Waals surface area contributed by atoms with Crippen molar-refractivity contribution < 1.29 is 27.9 Å². The largest absolute Gasteiger partial charge is 0.480 e. The molecule has 0 bridgehead atoms. The van der Waals surface area contributed by atoms with Gasteiger partial charge in [0.25, 0.3) is 0 Å². The van der Waals surface area contributed by atoms with Crippen LogP contribution in [0.4, 0.5) is 13.2 Å². The average molecular weight is 321 g/mol. The number of benzene rings is 1. The quantitative estimate of drug-likeness (QED) is 0.722. The van der Waals surface area contributed by atoms with Gasteiger partial charge in [-0.15, -0.1) is 11.8 Å². The second-order valence-corrected chi connectivity index (χ2v) is 5.31. The zero-order chi connectivity index (χ0) is 15.8. The summed E-state index contributed by atoms with van der Waals surface area (Å²) in [5, 5.41) is 10.8. The molecule has 1 atom stereocenters. The van der Waals surface area contributed by atoms with Crippen LogP contribution in [0.1, 0.15) is 12.8 Å². The third-order valence-electron chi connectivity index (χ3n) is 2.46. The normalized spacial score (nSPS) is 12.2. The molecular weight excluding hydrogens is 307 g/mol. The summed E-state index contributed by atoms with van der Waals surface area (Å²) in [7, 11) is 0. The van der Waals surface area contributed by atoms with Crippen LogP contribution in [0.15, 0.2) is 29.2 Å². The van der Waals surface area contributed by atoms with Crippen LogP contribution in [0, 0.1) is 5.82 Å². The Bertz CT molecular complexity index is 482. The molecule has 2 N–H and O–H groups in total. The van der Waals surface area contributed by atoms with Gasteiger partial charge in [0.2, 0.25) is 12.3 Å². The summed E-state index contributed by atoms with van der Waals surface area (Å²) in [6.45, 7) is 0. The molecule has 0 saturated carbocycles. The zero-order valence-electron chi connectivity index (χ0n) is 10.9. The van der Waals surface area contributed by atoms with Crippen molar-refractivity contribution in [1.82, 2.24) is 5.32 Å². The van der Waals surface area contributed by atoms with Crippen molar-refractivity contribution in [3.63, 3.8) is 0 Å². The van der Waals surface area contributed by atoms with Crippen molar-refractivity contribution >= 4 is 23.6 Å². The van der Waals surface area contributed by atoms with Gasteiger partial charge in [0.1, 0.15) is 11.9 Å². The van der Waals surface area contributed by atoms with Gasteiger partial charge in [0.15, 0.2) is 0 Å². The SMILES string of the molecule is O=C(CCSc1ccc(F)cc1)NC(CC(F)F)C(=O)O. The van der Waals surface area contributed by atoms with Crippen LogP contribution in [-0.2, 0) is 9.59 Å². The smallest absolute Gasteiger partial charge is 0.326 e. The van der Waals surface area contributed by atoms with Crippen molar-refractivity contribution in [2.45, 2.75) is 30.2 Å². The molecule has 1 aromatic rings. The number of rotatable bonds is 8. The molecule has 116 valence electrons. The highest BCUT2D eigenvalue weighted by Gasteiger charge is 2.23. The number of amides is 1. The Labute approximate surface area is 123 Å². The maximum Gasteiger partial charge on any atom is 0.326 e. The van der Waals surface area contributed by atoms with E-state index in [4.69, 9.17) is 5.11 Å². The summed E-state index contributed by atoms with van der Waals surface area (Å²) >= 11 is 1.28. The summed E-state index contributed by atoms with van der Waals surface area (Å²) in [4.78, 5) is 23.0. The van der Waals surface area contributed by atoms with E-state index in [2.05, 4.69) is 5.32 Å². The number of alkyl halides is 2. The molecule has 8 heteroatoms. The molecule has 0 heterocycles. The van der Waals surface area contributed by atoms with Gasteiger partial charge in [0, 0.05) is 23.5 Å². The molecule has 0 aliphatic heterocycles. The number of carbonyl (C=O) groups is 2. The highest BCUT2D eigenvalue weighted by molar-refractivity contribution is 7.99.